The minimum Gasteiger partial charge on any atom is -0.445 e. The minimum absolute atomic E-state index is 0.320. The zero-order chi connectivity index (χ0) is 20.8. The van der Waals surface area contributed by atoms with Gasteiger partial charge < -0.3 is 9.47 Å². The van der Waals surface area contributed by atoms with Gasteiger partial charge in [0.25, 0.3) is 5.56 Å². The SMILES string of the molecule is CCCc1c(Cc2ccccc2)n(C(=O)OC(C)C)n(C(=O)OC(C)C)c1=O. The number of carbonyl (C=O) groups is 2. The van der Waals surface area contributed by atoms with Gasteiger partial charge >= 0.3 is 12.2 Å². The quantitative estimate of drug-likeness (QED) is 0.748. The Morgan fingerprint density at radius 2 is 1.46 bits per heavy atom. The third-order valence-corrected chi connectivity index (χ3v) is 3.99. The Kier molecular flexibility index (Phi) is 7.20. The Hall–Kier alpha value is -2.83. The van der Waals surface area contributed by atoms with Crippen molar-refractivity contribution in [2.45, 2.75) is 66.1 Å². The van der Waals surface area contributed by atoms with E-state index in [-0.39, 0.29) is 0 Å². The molecule has 0 fully saturated rings. The third kappa shape index (κ3) is 4.91. The van der Waals surface area contributed by atoms with E-state index in [1.54, 1.807) is 27.7 Å². The van der Waals surface area contributed by atoms with Crippen LogP contribution in [-0.2, 0) is 22.3 Å². The van der Waals surface area contributed by atoms with Crippen LogP contribution in [0.15, 0.2) is 35.1 Å². The highest BCUT2D eigenvalue weighted by atomic mass is 16.6. The van der Waals surface area contributed by atoms with Gasteiger partial charge in [0.1, 0.15) is 0 Å². The van der Waals surface area contributed by atoms with Crippen molar-refractivity contribution in [3.05, 3.63) is 57.5 Å². The maximum absolute atomic E-state index is 13.0. The second-order valence-corrected chi connectivity index (χ2v) is 7.13. The summed E-state index contributed by atoms with van der Waals surface area (Å²) < 4.78 is 12.3. The average Bonchev–Trinajstić information content (AvgIpc) is 2.87. The molecule has 7 heteroatoms. The number of ether oxygens (including phenoxy) is 2. The molecule has 0 spiro atoms. The van der Waals surface area contributed by atoms with Gasteiger partial charge in [0.15, 0.2) is 0 Å². The molecule has 1 heterocycles. The van der Waals surface area contributed by atoms with Crippen molar-refractivity contribution in [3.63, 3.8) is 0 Å². The van der Waals surface area contributed by atoms with E-state index in [0.29, 0.717) is 30.5 Å². The number of rotatable bonds is 6. The molecular weight excluding hydrogens is 360 g/mol. The fourth-order valence-electron chi connectivity index (χ4n) is 2.92. The highest BCUT2D eigenvalue weighted by Crippen LogP contribution is 2.17. The summed E-state index contributed by atoms with van der Waals surface area (Å²) in [7, 11) is 0. The van der Waals surface area contributed by atoms with Gasteiger partial charge in [0.2, 0.25) is 0 Å². The molecule has 0 aliphatic carbocycles. The maximum Gasteiger partial charge on any atom is 0.437 e. The monoisotopic (exact) mass is 388 g/mol. The van der Waals surface area contributed by atoms with Gasteiger partial charge in [-0.1, -0.05) is 43.7 Å². The number of carbonyl (C=O) groups excluding carboxylic acids is 2. The lowest BCUT2D eigenvalue weighted by Crippen LogP contribution is -2.37. The molecule has 7 nitrogen and oxygen atoms in total. The molecule has 2 aromatic rings. The fourth-order valence-corrected chi connectivity index (χ4v) is 2.92. The molecule has 2 rings (SSSR count). The third-order valence-electron chi connectivity index (χ3n) is 3.99. The second kappa shape index (κ2) is 9.39. The second-order valence-electron chi connectivity index (χ2n) is 7.13. The summed E-state index contributed by atoms with van der Waals surface area (Å²) in [6.07, 6.45) is -1.05. The molecule has 0 unspecified atom stereocenters. The Morgan fingerprint density at radius 1 is 0.929 bits per heavy atom. The van der Waals surface area contributed by atoms with E-state index < -0.39 is 30.0 Å². The molecule has 0 aliphatic rings. The number of hydrogen-bond donors (Lipinski definition) is 0. The average molecular weight is 388 g/mol. The number of hydrogen-bond acceptors (Lipinski definition) is 5. The van der Waals surface area contributed by atoms with Crippen LogP contribution in [0.25, 0.3) is 0 Å². The maximum atomic E-state index is 13.0. The Bertz CT molecular complexity index is 878. The molecule has 0 radical (unpaired) electrons. The lowest BCUT2D eigenvalue weighted by Gasteiger charge is -2.16. The summed E-state index contributed by atoms with van der Waals surface area (Å²) in [6.45, 7) is 8.72. The van der Waals surface area contributed by atoms with Gasteiger partial charge in [-0.25, -0.2) is 9.59 Å². The van der Waals surface area contributed by atoms with Crippen molar-refractivity contribution in [2.75, 3.05) is 0 Å². The van der Waals surface area contributed by atoms with Crippen molar-refractivity contribution >= 4 is 12.2 Å². The van der Waals surface area contributed by atoms with E-state index in [9.17, 15) is 14.4 Å². The normalized spacial score (nSPS) is 11.1. The van der Waals surface area contributed by atoms with E-state index in [0.717, 1.165) is 14.9 Å². The molecule has 0 N–H and O–H groups in total. The van der Waals surface area contributed by atoms with Crippen LogP contribution in [0.5, 0.6) is 0 Å². The Labute approximate surface area is 164 Å². The zero-order valence-electron chi connectivity index (χ0n) is 17.1. The van der Waals surface area contributed by atoms with Gasteiger partial charge in [0, 0.05) is 12.0 Å². The first-order valence-electron chi connectivity index (χ1n) is 9.57. The van der Waals surface area contributed by atoms with Crippen LogP contribution >= 0.6 is 0 Å². The van der Waals surface area contributed by atoms with Gasteiger partial charge in [-0.2, -0.15) is 4.68 Å². The molecule has 0 saturated heterocycles. The lowest BCUT2D eigenvalue weighted by atomic mass is 10.0. The molecule has 0 aliphatic heterocycles. The van der Waals surface area contributed by atoms with Gasteiger partial charge in [0.05, 0.1) is 17.9 Å². The molecule has 0 bridgehead atoms. The summed E-state index contributed by atoms with van der Waals surface area (Å²) in [5.74, 6) is 0. The first-order valence-corrected chi connectivity index (χ1v) is 9.57. The van der Waals surface area contributed by atoms with Crippen molar-refractivity contribution in [1.29, 1.82) is 0 Å². The molecule has 28 heavy (non-hydrogen) atoms. The fraction of sp³-hybridized carbons (Fsp3) is 0.476. The lowest BCUT2D eigenvalue weighted by molar-refractivity contribution is 0.0938. The minimum atomic E-state index is -0.891. The first kappa shape index (κ1) is 21.5. The predicted molar refractivity (Wildman–Crippen MR) is 106 cm³/mol. The smallest absolute Gasteiger partial charge is 0.437 e. The predicted octanol–water partition coefficient (Wildman–Crippen LogP) is 3.98. The van der Waals surface area contributed by atoms with Crippen molar-refractivity contribution in [3.8, 4) is 0 Å². The van der Waals surface area contributed by atoms with E-state index in [1.165, 1.54) is 0 Å². The highest BCUT2D eigenvalue weighted by Gasteiger charge is 2.29. The standard InChI is InChI=1S/C21H28N2O5/c1-6-10-17-18(13-16-11-8-7-9-12-16)22(20(25)27-14(2)3)23(19(17)24)21(26)28-15(4)5/h7-9,11-12,14-15H,6,10,13H2,1-5H3. The Morgan fingerprint density at radius 3 is 1.96 bits per heavy atom. The number of benzene rings is 1. The van der Waals surface area contributed by atoms with Crippen LogP contribution in [0.3, 0.4) is 0 Å². The zero-order valence-corrected chi connectivity index (χ0v) is 17.1. The molecule has 0 atom stereocenters. The molecule has 152 valence electrons. The molecule has 1 aromatic heterocycles. The van der Waals surface area contributed by atoms with Crippen LogP contribution in [0.4, 0.5) is 9.59 Å². The van der Waals surface area contributed by atoms with Gasteiger partial charge in [-0.3, -0.25) is 4.79 Å². The van der Waals surface area contributed by atoms with Crippen LogP contribution in [-0.4, -0.2) is 33.8 Å². The summed E-state index contributed by atoms with van der Waals surface area (Å²) in [5, 5.41) is 0. The van der Waals surface area contributed by atoms with E-state index in [1.807, 2.05) is 37.3 Å². The summed E-state index contributed by atoms with van der Waals surface area (Å²) in [5.41, 5.74) is 1.25. The van der Waals surface area contributed by atoms with E-state index in [4.69, 9.17) is 9.47 Å². The summed E-state index contributed by atoms with van der Waals surface area (Å²) in [4.78, 5) is 38.5. The van der Waals surface area contributed by atoms with Crippen LogP contribution < -0.4 is 5.56 Å². The van der Waals surface area contributed by atoms with Crippen LogP contribution in [0, 0.1) is 0 Å². The van der Waals surface area contributed by atoms with Gasteiger partial charge in [-0.05, 0) is 39.7 Å². The first-order chi connectivity index (χ1) is 13.3. The number of nitrogens with zero attached hydrogens (tertiary/aromatic N) is 2. The van der Waals surface area contributed by atoms with Crippen molar-refractivity contribution in [1.82, 2.24) is 9.36 Å². The molecule has 1 aromatic carbocycles. The molecular formula is C21H28N2O5. The number of aromatic nitrogens is 2. The van der Waals surface area contributed by atoms with E-state index in [2.05, 4.69) is 0 Å². The van der Waals surface area contributed by atoms with Crippen LogP contribution in [0.1, 0.15) is 57.9 Å². The largest absolute Gasteiger partial charge is 0.445 e. The van der Waals surface area contributed by atoms with Crippen molar-refractivity contribution in [2.24, 2.45) is 0 Å². The summed E-state index contributed by atoms with van der Waals surface area (Å²) in [6, 6.07) is 9.47. The summed E-state index contributed by atoms with van der Waals surface area (Å²) >= 11 is 0. The van der Waals surface area contributed by atoms with E-state index >= 15 is 0 Å². The van der Waals surface area contributed by atoms with Crippen LogP contribution in [0.2, 0.25) is 0 Å². The Balaban J connectivity index is 2.69. The topological polar surface area (TPSA) is 79.5 Å². The van der Waals surface area contributed by atoms with Gasteiger partial charge in [-0.15, -0.1) is 4.68 Å². The molecule has 0 amide bonds. The highest BCUT2D eigenvalue weighted by molar-refractivity contribution is 5.78. The van der Waals surface area contributed by atoms with Crippen molar-refractivity contribution < 1.29 is 19.1 Å². The molecule has 0 saturated carbocycles.